The number of phenolic OH excluding ortho intramolecular Hbond substituents is 1. The molecule has 1 saturated carbocycles. The van der Waals surface area contributed by atoms with Crippen molar-refractivity contribution in [2.75, 3.05) is 33.4 Å². The molecule has 0 spiro atoms. The van der Waals surface area contributed by atoms with E-state index < -0.39 is 0 Å². The van der Waals surface area contributed by atoms with Crippen LogP contribution in [0.4, 0.5) is 0 Å². The Labute approximate surface area is 169 Å². The highest BCUT2D eigenvalue weighted by molar-refractivity contribution is 5.79. The fourth-order valence-corrected chi connectivity index (χ4v) is 3.85. The van der Waals surface area contributed by atoms with E-state index in [1.165, 1.54) is 25.7 Å². The van der Waals surface area contributed by atoms with Gasteiger partial charge in [-0.05, 0) is 63.1 Å². The molecule has 1 aromatic rings. The van der Waals surface area contributed by atoms with Crippen LogP contribution in [-0.4, -0.2) is 50.5 Å². The van der Waals surface area contributed by atoms with Gasteiger partial charge in [-0.25, -0.2) is 0 Å². The van der Waals surface area contributed by atoms with E-state index >= 15 is 0 Å². The average Bonchev–Trinajstić information content (AvgIpc) is 3.23. The van der Waals surface area contributed by atoms with E-state index in [1.54, 1.807) is 13.2 Å². The van der Waals surface area contributed by atoms with Gasteiger partial charge in [-0.15, -0.1) is 0 Å². The van der Waals surface area contributed by atoms with Crippen LogP contribution in [0.1, 0.15) is 51.5 Å². The standard InChI is InChI=1S/C22H37N3O3/c1-4-23-22(24-14-12-17-10-11-19(26)21(16-17)27-3)25-15-13-20(28-5-2)18-8-6-7-9-18/h10-11,16,18,20,26H,4-9,12-15H2,1-3H3,(H2,23,24,25). The van der Waals surface area contributed by atoms with Crippen molar-refractivity contribution >= 4 is 5.96 Å². The first-order valence-corrected chi connectivity index (χ1v) is 10.7. The summed E-state index contributed by atoms with van der Waals surface area (Å²) in [4.78, 5) is 4.74. The molecule has 0 radical (unpaired) electrons. The zero-order valence-electron chi connectivity index (χ0n) is 17.7. The predicted molar refractivity (Wildman–Crippen MR) is 114 cm³/mol. The number of aliphatic imine (C=N–C) groups is 1. The number of aromatic hydroxyl groups is 1. The fraction of sp³-hybridized carbons (Fsp3) is 0.682. The third kappa shape index (κ3) is 7.23. The van der Waals surface area contributed by atoms with Crippen molar-refractivity contribution in [3.63, 3.8) is 0 Å². The summed E-state index contributed by atoms with van der Waals surface area (Å²) < 4.78 is 11.2. The van der Waals surface area contributed by atoms with Crippen molar-refractivity contribution in [3.8, 4) is 11.5 Å². The van der Waals surface area contributed by atoms with Gasteiger partial charge < -0.3 is 25.2 Å². The first-order chi connectivity index (χ1) is 13.7. The number of hydrogen-bond donors (Lipinski definition) is 3. The molecule has 0 bridgehead atoms. The van der Waals surface area contributed by atoms with Gasteiger partial charge in [0.05, 0.1) is 13.2 Å². The molecule has 2 rings (SSSR count). The molecule has 0 heterocycles. The summed E-state index contributed by atoms with van der Waals surface area (Å²) in [5, 5.41) is 16.4. The zero-order chi connectivity index (χ0) is 20.2. The summed E-state index contributed by atoms with van der Waals surface area (Å²) in [5.41, 5.74) is 1.11. The quantitative estimate of drug-likeness (QED) is 0.398. The van der Waals surface area contributed by atoms with E-state index in [4.69, 9.17) is 14.5 Å². The lowest BCUT2D eigenvalue weighted by molar-refractivity contribution is 0.0177. The van der Waals surface area contributed by atoms with Crippen LogP contribution in [0.3, 0.4) is 0 Å². The van der Waals surface area contributed by atoms with E-state index in [-0.39, 0.29) is 5.75 Å². The third-order valence-corrected chi connectivity index (χ3v) is 5.28. The third-order valence-electron chi connectivity index (χ3n) is 5.28. The van der Waals surface area contributed by atoms with Crippen molar-refractivity contribution in [2.45, 2.75) is 58.5 Å². The summed E-state index contributed by atoms with van der Waals surface area (Å²) in [7, 11) is 1.56. The van der Waals surface area contributed by atoms with E-state index in [0.29, 0.717) is 17.8 Å². The topological polar surface area (TPSA) is 75.1 Å². The highest BCUT2D eigenvalue weighted by atomic mass is 16.5. The van der Waals surface area contributed by atoms with Crippen LogP contribution in [0.15, 0.2) is 23.2 Å². The molecule has 6 heteroatoms. The number of phenols is 1. The Balaban J connectivity index is 1.82. The monoisotopic (exact) mass is 391 g/mol. The van der Waals surface area contributed by atoms with Crippen molar-refractivity contribution in [2.24, 2.45) is 10.9 Å². The van der Waals surface area contributed by atoms with Crippen LogP contribution in [0, 0.1) is 5.92 Å². The van der Waals surface area contributed by atoms with Gasteiger partial charge in [-0.1, -0.05) is 18.9 Å². The lowest BCUT2D eigenvalue weighted by Crippen LogP contribution is -2.38. The van der Waals surface area contributed by atoms with Gasteiger partial charge >= 0.3 is 0 Å². The zero-order valence-corrected chi connectivity index (χ0v) is 17.7. The Hall–Kier alpha value is -1.95. The van der Waals surface area contributed by atoms with E-state index in [1.807, 2.05) is 12.1 Å². The molecule has 0 amide bonds. The van der Waals surface area contributed by atoms with E-state index in [2.05, 4.69) is 24.5 Å². The fourth-order valence-electron chi connectivity index (χ4n) is 3.85. The molecule has 1 atom stereocenters. The van der Waals surface area contributed by atoms with Crippen molar-refractivity contribution in [1.29, 1.82) is 0 Å². The maximum Gasteiger partial charge on any atom is 0.191 e. The number of ether oxygens (including phenoxy) is 2. The molecule has 158 valence electrons. The summed E-state index contributed by atoms with van der Waals surface area (Å²) in [5.74, 6) is 2.22. The smallest absolute Gasteiger partial charge is 0.191 e. The molecule has 0 aromatic heterocycles. The van der Waals surface area contributed by atoms with Gasteiger partial charge in [0.2, 0.25) is 0 Å². The molecule has 1 aliphatic rings. The van der Waals surface area contributed by atoms with Crippen LogP contribution in [0.5, 0.6) is 11.5 Å². The minimum atomic E-state index is 0.167. The SMILES string of the molecule is CCNC(=NCCC(OCC)C1CCCC1)NCCc1ccc(O)c(OC)c1. The molecule has 1 aliphatic carbocycles. The highest BCUT2D eigenvalue weighted by Crippen LogP contribution is 2.30. The molecule has 1 unspecified atom stereocenters. The molecule has 3 N–H and O–H groups in total. The van der Waals surface area contributed by atoms with Crippen LogP contribution in [0.2, 0.25) is 0 Å². The molecular formula is C22H37N3O3. The highest BCUT2D eigenvalue weighted by Gasteiger charge is 2.24. The lowest BCUT2D eigenvalue weighted by atomic mass is 9.98. The summed E-state index contributed by atoms with van der Waals surface area (Å²) in [6.07, 6.45) is 7.40. The van der Waals surface area contributed by atoms with Crippen molar-refractivity contribution in [1.82, 2.24) is 10.6 Å². The van der Waals surface area contributed by atoms with E-state index in [9.17, 15) is 5.11 Å². The van der Waals surface area contributed by atoms with Gasteiger partial charge in [0.15, 0.2) is 17.5 Å². The molecule has 6 nitrogen and oxygen atoms in total. The number of rotatable bonds is 11. The molecule has 0 aliphatic heterocycles. The van der Waals surface area contributed by atoms with Crippen LogP contribution < -0.4 is 15.4 Å². The normalized spacial score (nSPS) is 16.2. The maximum absolute atomic E-state index is 9.70. The Kier molecular flexibility index (Phi) is 9.97. The molecule has 28 heavy (non-hydrogen) atoms. The maximum atomic E-state index is 9.70. The van der Waals surface area contributed by atoms with Crippen molar-refractivity contribution < 1.29 is 14.6 Å². The van der Waals surface area contributed by atoms with Gasteiger partial charge in [0, 0.05) is 26.2 Å². The Morgan fingerprint density at radius 3 is 2.71 bits per heavy atom. The van der Waals surface area contributed by atoms with Crippen LogP contribution in [0.25, 0.3) is 0 Å². The lowest BCUT2D eigenvalue weighted by Gasteiger charge is -2.22. The van der Waals surface area contributed by atoms with Gasteiger partial charge in [0.1, 0.15) is 0 Å². The number of methoxy groups -OCH3 is 1. The van der Waals surface area contributed by atoms with Gasteiger partial charge in [-0.3, -0.25) is 4.99 Å². The Morgan fingerprint density at radius 2 is 2.04 bits per heavy atom. The number of hydrogen-bond acceptors (Lipinski definition) is 4. The summed E-state index contributed by atoms with van der Waals surface area (Å²) in [6, 6.07) is 5.46. The van der Waals surface area contributed by atoms with E-state index in [0.717, 1.165) is 50.6 Å². The molecule has 1 fully saturated rings. The predicted octanol–water partition coefficient (Wildman–Crippen LogP) is 3.48. The molecule has 0 saturated heterocycles. The van der Waals surface area contributed by atoms with Gasteiger partial charge in [0.25, 0.3) is 0 Å². The minimum Gasteiger partial charge on any atom is -0.504 e. The Morgan fingerprint density at radius 1 is 1.25 bits per heavy atom. The van der Waals surface area contributed by atoms with Crippen LogP contribution in [-0.2, 0) is 11.2 Å². The van der Waals surface area contributed by atoms with Crippen molar-refractivity contribution in [3.05, 3.63) is 23.8 Å². The Bertz CT molecular complexity index is 601. The first-order valence-electron chi connectivity index (χ1n) is 10.7. The van der Waals surface area contributed by atoms with Gasteiger partial charge in [-0.2, -0.15) is 0 Å². The second kappa shape index (κ2) is 12.5. The minimum absolute atomic E-state index is 0.167. The van der Waals surface area contributed by atoms with Crippen LogP contribution >= 0.6 is 0 Å². The molecule has 1 aromatic carbocycles. The largest absolute Gasteiger partial charge is 0.504 e. The number of guanidine groups is 1. The number of benzene rings is 1. The first kappa shape index (κ1) is 22.3. The summed E-state index contributed by atoms with van der Waals surface area (Å²) in [6.45, 7) is 7.29. The average molecular weight is 392 g/mol. The number of nitrogens with one attached hydrogen (secondary N) is 2. The molecular weight excluding hydrogens is 354 g/mol. The second-order valence-corrected chi connectivity index (χ2v) is 7.27. The second-order valence-electron chi connectivity index (χ2n) is 7.27. The summed E-state index contributed by atoms with van der Waals surface area (Å²) >= 11 is 0. The number of nitrogens with zero attached hydrogens (tertiary/aromatic N) is 1.